The monoisotopic (exact) mass is 299 g/mol. The van der Waals surface area contributed by atoms with Gasteiger partial charge in [-0.3, -0.25) is 0 Å². The van der Waals surface area contributed by atoms with Gasteiger partial charge in [0.05, 0.1) is 11.1 Å². The van der Waals surface area contributed by atoms with E-state index in [1.54, 1.807) is 0 Å². The fourth-order valence-electron chi connectivity index (χ4n) is 1.57. The first-order valence-corrected chi connectivity index (χ1v) is 7.19. The summed E-state index contributed by atoms with van der Waals surface area (Å²) < 4.78 is 6.90. The van der Waals surface area contributed by atoms with Gasteiger partial charge in [-0.25, -0.2) is 0 Å². The number of hydrogen-bond donors (Lipinski definition) is 1. The van der Waals surface area contributed by atoms with Crippen LogP contribution in [0.1, 0.15) is 38.7 Å². The molecule has 0 fully saturated rings. The van der Waals surface area contributed by atoms with Crippen molar-refractivity contribution in [2.45, 2.75) is 39.7 Å². The summed E-state index contributed by atoms with van der Waals surface area (Å²) in [6.45, 7) is 7.05. The zero-order chi connectivity index (χ0) is 12.5. The molecule has 17 heavy (non-hydrogen) atoms. The van der Waals surface area contributed by atoms with Crippen LogP contribution < -0.4 is 10.1 Å². The smallest absolute Gasteiger partial charge is 0.137 e. The first-order valence-electron chi connectivity index (χ1n) is 6.40. The SMILES string of the molecule is CCCCOc1c(Br)cccc1CNCCC. The summed E-state index contributed by atoms with van der Waals surface area (Å²) >= 11 is 3.56. The van der Waals surface area contributed by atoms with Gasteiger partial charge in [0.15, 0.2) is 0 Å². The van der Waals surface area contributed by atoms with Crippen molar-refractivity contribution in [3.63, 3.8) is 0 Å². The molecule has 0 atom stereocenters. The van der Waals surface area contributed by atoms with E-state index in [0.717, 1.165) is 49.2 Å². The highest BCUT2D eigenvalue weighted by atomic mass is 79.9. The fraction of sp³-hybridized carbons (Fsp3) is 0.571. The second-order valence-electron chi connectivity index (χ2n) is 4.11. The van der Waals surface area contributed by atoms with Crippen molar-refractivity contribution in [2.75, 3.05) is 13.2 Å². The van der Waals surface area contributed by atoms with Gasteiger partial charge in [-0.2, -0.15) is 0 Å². The highest BCUT2D eigenvalue weighted by molar-refractivity contribution is 9.10. The number of hydrogen-bond acceptors (Lipinski definition) is 2. The molecule has 2 nitrogen and oxygen atoms in total. The molecule has 1 N–H and O–H groups in total. The zero-order valence-corrected chi connectivity index (χ0v) is 12.3. The molecule has 0 aliphatic carbocycles. The lowest BCUT2D eigenvalue weighted by molar-refractivity contribution is 0.303. The molecule has 1 rings (SSSR count). The van der Waals surface area contributed by atoms with Crippen molar-refractivity contribution >= 4 is 15.9 Å². The number of halogens is 1. The summed E-state index contributed by atoms with van der Waals surface area (Å²) in [5.41, 5.74) is 1.23. The highest BCUT2D eigenvalue weighted by Crippen LogP contribution is 2.29. The van der Waals surface area contributed by atoms with Crippen LogP contribution in [0.4, 0.5) is 0 Å². The van der Waals surface area contributed by atoms with E-state index in [1.165, 1.54) is 5.56 Å². The maximum atomic E-state index is 5.85. The van der Waals surface area contributed by atoms with Crippen molar-refractivity contribution < 1.29 is 4.74 Å². The van der Waals surface area contributed by atoms with Crippen molar-refractivity contribution in [1.82, 2.24) is 5.32 Å². The summed E-state index contributed by atoms with van der Waals surface area (Å²) in [5.74, 6) is 0.990. The molecular formula is C14H22BrNO. The molecule has 1 aromatic carbocycles. The highest BCUT2D eigenvalue weighted by Gasteiger charge is 2.07. The Balaban J connectivity index is 2.63. The Morgan fingerprint density at radius 3 is 2.76 bits per heavy atom. The molecule has 0 spiro atoms. The van der Waals surface area contributed by atoms with Gasteiger partial charge in [-0.15, -0.1) is 0 Å². The summed E-state index contributed by atoms with van der Waals surface area (Å²) in [6, 6.07) is 6.21. The van der Waals surface area contributed by atoms with Crippen LogP contribution in [0.2, 0.25) is 0 Å². The van der Waals surface area contributed by atoms with Crippen LogP contribution in [-0.4, -0.2) is 13.2 Å². The summed E-state index contributed by atoms with van der Waals surface area (Å²) in [6.07, 6.45) is 3.41. The lowest BCUT2D eigenvalue weighted by Crippen LogP contribution is -2.15. The van der Waals surface area contributed by atoms with Gasteiger partial charge in [-0.1, -0.05) is 32.4 Å². The molecule has 96 valence electrons. The van der Waals surface area contributed by atoms with E-state index in [-0.39, 0.29) is 0 Å². The first kappa shape index (κ1) is 14.5. The molecule has 0 aromatic heterocycles. The predicted octanol–water partition coefficient (Wildman–Crippen LogP) is 4.13. The standard InChI is InChI=1S/C14H22BrNO/c1-3-5-10-17-14-12(11-16-9-4-2)7-6-8-13(14)15/h6-8,16H,3-5,9-11H2,1-2H3. The summed E-state index contributed by atoms with van der Waals surface area (Å²) in [7, 11) is 0. The van der Waals surface area contributed by atoms with Crippen LogP contribution in [0.25, 0.3) is 0 Å². The van der Waals surface area contributed by atoms with Crippen LogP contribution in [0.5, 0.6) is 5.75 Å². The Kier molecular flexibility index (Phi) is 7.29. The van der Waals surface area contributed by atoms with Crippen molar-refractivity contribution in [3.05, 3.63) is 28.2 Å². The van der Waals surface area contributed by atoms with E-state index < -0.39 is 0 Å². The van der Waals surface area contributed by atoms with Gasteiger partial charge in [0.25, 0.3) is 0 Å². The minimum absolute atomic E-state index is 0.792. The van der Waals surface area contributed by atoms with E-state index >= 15 is 0 Å². The maximum Gasteiger partial charge on any atom is 0.137 e. The Bertz CT molecular complexity index is 328. The Labute approximate surface area is 113 Å². The number of rotatable bonds is 8. The molecule has 0 radical (unpaired) electrons. The topological polar surface area (TPSA) is 21.3 Å². The molecule has 0 aliphatic heterocycles. The van der Waals surface area contributed by atoms with Crippen LogP contribution >= 0.6 is 15.9 Å². The quantitative estimate of drug-likeness (QED) is 0.729. The third-order valence-electron chi connectivity index (χ3n) is 2.54. The van der Waals surface area contributed by atoms with Crippen LogP contribution in [0, 0.1) is 0 Å². The zero-order valence-electron chi connectivity index (χ0n) is 10.8. The van der Waals surface area contributed by atoms with E-state index in [4.69, 9.17) is 4.74 Å². The minimum atomic E-state index is 0.792. The lowest BCUT2D eigenvalue weighted by Gasteiger charge is -2.13. The number of para-hydroxylation sites is 1. The molecule has 0 unspecified atom stereocenters. The van der Waals surface area contributed by atoms with Crippen molar-refractivity contribution in [3.8, 4) is 5.75 Å². The Hall–Kier alpha value is -0.540. The molecular weight excluding hydrogens is 278 g/mol. The minimum Gasteiger partial charge on any atom is -0.492 e. The van der Waals surface area contributed by atoms with E-state index in [9.17, 15) is 0 Å². The van der Waals surface area contributed by atoms with E-state index in [0.29, 0.717) is 0 Å². The van der Waals surface area contributed by atoms with Crippen LogP contribution in [0.15, 0.2) is 22.7 Å². The number of nitrogens with one attached hydrogen (secondary N) is 1. The molecule has 0 saturated heterocycles. The summed E-state index contributed by atoms with van der Waals surface area (Å²) in [4.78, 5) is 0. The predicted molar refractivity (Wildman–Crippen MR) is 76.5 cm³/mol. The Morgan fingerprint density at radius 1 is 1.24 bits per heavy atom. The Morgan fingerprint density at radius 2 is 2.06 bits per heavy atom. The average molecular weight is 300 g/mol. The maximum absolute atomic E-state index is 5.85. The molecule has 0 saturated carbocycles. The molecule has 0 bridgehead atoms. The second-order valence-corrected chi connectivity index (χ2v) is 4.96. The van der Waals surface area contributed by atoms with Gasteiger partial charge in [-0.05, 0) is 41.4 Å². The lowest BCUT2D eigenvalue weighted by atomic mass is 10.2. The molecule has 0 amide bonds. The van der Waals surface area contributed by atoms with Crippen LogP contribution in [0.3, 0.4) is 0 Å². The third kappa shape index (κ3) is 5.09. The normalized spacial score (nSPS) is 10.5. The molecule has 0 heterocycles. The molecule has 3 heteroatoms. The average Bonchev–Trinajstić information content (AvgIpc) is 2.33. The fourth-order valence-corrected chi connectivity index (χ4v) is 2.09. The molecule has 0 aliphatic rings. The third-order valence-corrected chi connectivity index (χ3v) is 3.16. The molecule has 1 aromatic rings. The van der Waals surface area contributed by atoms with Gasteiger partial charge >= 0.3 is 0 Å². The van der Waals surface area contributed by atoms with Gasteiger partial charge in [0, 0.05) is 12.1 Å². The van der Waals surface area contributed by atoms with Crippen LogP contribution in [-0.2, 0) is 6.54 Å². The largest absolute Gasteiger partial charge is 0.492 e. The van der Waals surface area contributed by atoms with E-state index in [1.807, 2.05) is 6.07 Å². The van der Waals surface area contributed by atoms with Crippen molar-refractivity contribution in [2.24, 2.45) is 0 Å². The van der Waals surface area contributed by atoms with E-state index in [2.05, 4.69) is 47.2 Å². The first-order chi connectivity index (χ1) is 8.29. The number of unbranched alkanes of at least 4 members (excludes halogenated alkanes) is 1. The van der Waals surface area contributed by atoms with Gasteiger partial charge in [0.1, 0.15) is 5.75 Å². The second kappa shape index (κ2) is 8.54. The van der Waals surface area contributed by atoms with Gasteiger partial charge < -0.3 is 10.1 Å². The number of ether oxygens (including phenoxy) is 1. The van der Waals surface area contributed by atoms with Gasteiger partial charge in [0.2, 0.25) is 0 Å². The number of benzene rings is 1. The van der Waals surface area contributed by atoms with Crippen molar-refractivity contribution in [1.29, 1.82) is 0 Å². The summed E-state index contributed by atoms with van der Waals surface area (Å²) in [5, 5.41) is 3.41.